The second-order valence-electron chi connectivity index (χ2n) is 8.87. The van der Waals surface area contributed by atoms with Crippen LogP contribution < -0.4 is 21.1 Å². The van der Waals surface area contributed by atoms with Crippen LogP contribution in [0, 0.1) is 19.3 Å². The van der Waals surface area contributed by atoms with Crippen molar-refractivity contribution in [2.45, 2.75) is 19.8 Å². The number of anilines is 4. The van der Waals surface area contributed by atoms with Gasteiger partial charge in [0, 0.05) is 22.4 Å². The lowest BCUT2D eigenvalue weighted by atomic mass is 10.1. The van der Waals surface area contributed by atoms with Gasteiger partial charge in [-0.2, -0.15) is 0 Å². The summed E-state index contributed by atoms with van der Waals surface area (Å²) in [6.45, 7) is 8.46. The van der Waals surface area contributed by atoms with Gasteiger partial charge in [-0.25, -0.2) is 14.4 Å². The van der Waals surface area contributed by atoms with Gasteiger partial charge in [0.1, 0.15) is 23.7 Å². The van der Waals surface area contributed by atoms with Crippen LogP contribution in [0.5, 0.6) is 5.75 Å². The maximum Gasteiger partial charge on any atom is 0.255 e. The lowest BCUT2D eigenvalue weighted by Crippen LogP contribution is -2.04. The Bertz CT molecular complexity index is 1590. The first-order chi connectivity index (χ1) is 18.5. The molecule has 0 spiro atoms. The summed E-state index contributed by atoms with van der Waals surface area (Å²) in [7, 11) is 0. The normalized spacial score (nSPS) is 10.9. The van der Waals surface area contributed by atoms with Crippen LogP contribution in [0.1, 0.15) is 18.4 Å². The zero-order valence-electron chi connectivity index (χ0n) is 20.9. The lowest BCUT2D eigenvalue weighted by molar-refractivity contribution is 0.311. The van der Waals surface area contributed by atoms with Crippen molar-refractivity contribution in [3.63, 3.8) is 0 Å². The van der Waals surface area contributed by atoms with E-state index in [1.54, 1.807) is 30.4 Å². The second-order valence-corrected chi connectivity index (χ2v) is 9.82. The van der Waals surface area contributed by atoms with Crippen LogP contribution in [0.15, 0.2) is 84.1 Å². The first-order valence-corrected chi connectivity index (χ1v) is 13.1. The smallest absolute Gasteiger partial charge is 0.255 e. The van der Waals surface area contributed by atoms with Crippen LogP contribution >= 0.6 is 11.3 Å². The zero-order chi connectivity index (χ0) is 26.5. The number of aromatic nitrogens is 2. The fraction of sp³-hybridized carbons (Fsp3) is 0.133. The average molecular weight is 525 g/mol. The highest BCUT2D eigenvalue weighted by atomic mass is 32.1. The highest BCUT2D eigenvalue weighted by Gasteiger charge is 2.11. The third kappa shape index (κ3) is 5.89. The van der Waals surface area contributed by atoms with Crippen LogP contribution in [-0.4, -0.2) is 16.6 Å². The number of thiophene rings is 1. The third-order valence-corrected chi connectivity index (χ3v) is 6.96. The first-order valence-electron chi connectivity index (χ1n) is 12.2. The summed E-state index contributed by atoms with van der Waals surface area (Å²) in [5.74, 6) is 1.07. The molecule has 6 nitrogen and oxygen atoms in total. The van der Waals surface area contributed by atoms with Gasteiger partial charge >= 0.3 is 0 Å². The number of hydrogen-bond acceptors (Lipinski definition) is 7. The van der Waals surface area contributed by atoms with Crippen molar-refractivity contribution in [3.8, 4) is 16.2 Å². The van der Waals surface area contributed by atoms with Crippen molar-refractivity contribution in [2.75, 3.05) is 23.0 Å². The Morgan fingerprint density at radius 3 is 2.79 bits per heavy atom. The van der Waals surface area contributed by atoms with Gasteiger partial charge in [-0.3, -0.25) is 0 Å². The van der Waals surface area contributed by atoms with E-state index in [1.165, 1.54) is 17.3 Å². The Balaban J connectivity index is 1.18. The quantitative estimate of drug-likeness (QED) is 0.0985. The molecule has 0 unspecified atom stereocenters. The number of benzene rings is 3. The Labute approximate surface area is 225 Å². The third-order valence-electron chi connectivity index (χ3n) is 6.04. The number of hydrogen-bond donors (Lipinski definition) is 3. The van der Waals surface area contributed by atoms with Crippen LogP contribution in [0.3, 0.4) is 0 Å². The maximum absolute atomic E-state index is 13.6. The van der Waals surface area contributed by atoms with Gasteiger partial charge in [-0.15, -0.1) is 11.3 Å². The van der Waals surface area contributed by atoms with Crippen molar-refractivity contribution >= 4 is 45.1 Å². The molecule has 0 aliphatic rings. The topological polar surface area (TPSA) is 85.1 Å². The minimum absolute atomic E-state index is 0.248. The summed E-state index contributed by atoms with van der Waals surface area (Å²) in [5, 5.41) is 9.35. The van der Waals surface area contributed by atoms with Crippen molar-refractivity contribution in [3.05, 3.63) is 102 Å². The van der Waals surface area contributed by atoms with Crippen LogP contribution in [-0.2, 0) is 0 Å². The summed E-state index contributed by atoms with van der Waals surface area (Å²) in [5.41, 5.74) is 11.4. The fourth-order valence-corrected chi connectivity index (χ4v) is 4.76. The molecule has 8 heteroatoms. The Morgan fingerprint density at radius 1 is 1.08 bits per heavy atom. The molecule has 0 radical (unpaired) electrons. The molecule has 0 bridgehead atoms. The van der Waals surface area contributed by atoms with Crippen LogP contribution in [0.4, 0.5) is 27.3 Å². The molecule has 5 aromatic rings. The zero-order valence-corrected chi connectivity index (χ0v) is 21.7. The minimum atomic E-state index is -0.248. The van der Waals surface area contributed by atoms with E-state index < -0.39 is 0 Å². The molecule has 0 atom stereocenters. The van der Waals surface area contributed by atoms with E-state index in [9.17, 15) is 4.39 Å². The van der Waals surface area contributed by atoms with Crippen molar-refractivity contribution in [1.29, 1.82) is 0 Å². The predicted molar refractivity (Wildman–Crippen MR) is 154 cm³/mol. The van der Waals surface area contributed by atoms with Gasteiger partial charge in [0.2, 0.25) is 6.58 Å². The number of halogens is 1. The van der Waals surface area contributed by atoms with E-state index >= 15 is 0 Å². The predicted octanol–water partition coefficient (Wildman–Crippen LogP) is 7.72. The molecule has 190 valence electrons. The molecule has 5 rings (SSSR count). The SMILES string of the molecule is [CH+]=C(CCCOc1ccc2ncnc(Nc3ccc(F)c(C)c3)c2c1)Nc1cc(-c2cccs2)ccc1N. The first kappa shape index (κ1) is 25.1. The van der Waals surface area contributed by atoms with Gasteiger partial charge in [-0.05, 0) is 84.4 Å². The van der Waals surface area contributed by atoms with E-state index in [2.05, 4.69) is 26.7 Å². The highest BCUT2D eigenvalue weighted by molar-refractivity contribution is 7.13. The molecule has 0 fully saturated rings. The van der Waals surface area contributed by atoms with Gasteiger partial charge in [-0.1, -0.05) is 12.1 Å². The van der Waals surface area contributed by atoms with Gasteiger partial charge in [0.15, 0.2) is 0 Å². The fourth-order valence-electron chi connectivity index (χ4n) is 4.03. The van der Waals surface area contributed by atoms with E-state index in [0.717, 1.165) is 27.8 Å². The van der Waals surface area contributed by atoms with Gasteiger partial charge in [0.25, 0.3) is 5.70 Å². The number of nitrogens with zero attached hydrogens (tertiary/aromatic N) is 2. The molecule has 2 aromatic heterocycles. The molecule has 0 saturated heterocycles. The number of nitrogens with one attached hydrogen (secondary N) is 2. The van der Waals surface area contributed by atoms with E-state index in [-0.39, 0.29) is 5.82 Å². The molecule has 0 saturated carbocycles. The largest absolute Gasteiger partial charge is 0.494 e. The summed E-state index contributed by atoms with van der Waals surface area (Å²) in [4.78, 5) is 9.89. The van der Waals surface area contributed by atoms with E-state index in [0.29, 0.717) is 48.0 Å². The number of aryl methyl sites for hydroxylation is 1. The lowest BCUT2D eigenvalue weighted by Gasteiger charge is -2.11. The number of fused-ring (bicyclic) bond motifs is 1. The average Bonchev–Trinajstić information content (AvgIpc) is 3.45. The minimum Gasteiger partial charge on any atom is -0.494 e. The highest BCUT2D eigenvalue weighted by Crippen LogP contribution is 2.31. The molecule has 0 aliphatic carbocycles. The Hall–Kier alpha value is -4.52. The van der Waals surface area contributed by atoms with Crippen molar-refractivity contribution in [2.24, 2.45) is 0 Å². The van der Waals surface area contributed by atoms with E-state index in [4.69, 9.17) is 17.0 Å². The van der Waals surface area contributed by atoms with E-state index in [1.807, 2.05) is 47.8 Å². The van der Waals surface area contributed by atoms with Crippen molar-refractivity contribution < 1.29 is 9.13 Å². The van der Waals surface area contributed by atoms with Crippen LogP contribution in [0.2, 0.25) is 0 Å². The molecule has 38 heavy (non-hydrogen) atoms. The second kappa shape index (κ2) is 11.3. The molecule has 0 aliphatic heterocycles. The standard InChI is InChI=1S/C30H27FN5OS/c1-19-15-22(8-10-25(19)31)36-30-24-17-23(9-12-27(24)33-18-34-30)37-13-3-5-20(2)35-28-16-21(7-11-26(28)32)29-6-4-14-38-29/h2,4,6-12,14-18,35H,3,5,13,32H2,1H3,(H,33,34,36)/q+1. The van der Waals surface area contributed by atoms with Crippen LogP contribution in [0.25, 0.3) is 21.3 Å². The molecular weight excluding hydrogens is 497 g/mol. The summed E-state index contributed by atoms with van der Waals surface area (Å²) in [6.07, 6.45) is 2.83. The molecule has 0 amide bonds. The number of nitrogen functional groups attached to an aromatic ring is 1. The molecule has 2 heterocycles. The maximum atomic E-state index is 13.6. The summed E-state index contributed by atoms with van der Waals surface area (Å²) in [6, 6.07) is 20.5. The molecule has 4 N–H and O–H groups in total. The van der Waals surface area contributed by atoms with Gasteiger partial charge in [0.05, 0.1) is 23.5 Å². The molecule has 3 aromatic carbocycles. The number of rotatable bonds is 10. The Morgan fingerprint density at radius 2 is 1.97 bits per heavy atom. The van der Waals surface area contributed by atoms with Crippen molar-refractivity contribution in [1.82, 2.24) is 9.97 Å². The number of allylic oxidation sites excluding steroid dienone is 1. The number of ether oxygens (including phenoxy) is 1. The Kier molecular flexibility index (Phi) is 7.45. The summed E-state index contributed by atoms with van der Waals surface area (Å²) < 4.78 is 19.6. The van der Waals surface area contributed by atoms with Gasteiger partial charge < -0.3 is 21.1 Å². The number of nitrogens with two attached hydrogens (primary N) is 1. The molecular formula is C30H27FN5OS+. The summed E-state index contributed by atoms with van der Waals surface area (Å²) >= 11 is 1.68. The monoisotopic (exact) mass is 524 g/mol.